The molecule has 0 spiro atoms. The van der Waals surface area contributed by atoms with E-state index in [1.54, 1.807) is 41.0 Å². The molecule has 0 fully saturated rings. The van der Waals surface area contributed by atoms with Crippen molar-refractivity contribution in [2.75, 3.05) is 7.05 Å². The first kappa shape index (κ1) is 19.0. The number of benzene rings is 2. The average molecular weight is 384 g/mol. The highest BCUT2D eigenvalue weighted by Gasteiger charge is 2.23. The van der Waals surface area contributed by atoms with Gasteiger partial charge in [-0.05, 0) is 23.8 Å². The van der Waals surface area contributed by atoms with Crippen LogP contribution in [0.1, 0.15) is 29.0 Å². The van der Waals surface area contributed by atoms with Gasteiger partial charge in [0.15, 0.2) is 0 Å². The maximum absolute atomic E-state index is 12.9. The molecular formula is C21H22ClN3O2. The fraction of sp³-hybridized carbons (Fsp3) is 0.238. The number of rotatable bonds is 6. The maximum atomic E-state index is 12.9. The molecule has 140 valence electrons. The Hall–Kier alpha value is -2.79. The van der Waals surface area contributed by atoms with Crippen molar-refractivity contribution in [3.05, 3.63) is 82.6 Å². The van der Waals surface area contributed by atoms with Gasteiger partial charge in [0.2, 0.25) is 5.91 Å². The van der Waals surface area contributed by atoms with Crippen LogP contribution in [0.2, 0.25) is 5.02 Å². The molecule has 1 aromatic heterocycles. The molecule has 6 heteroatoms. The van der Waals surface area contributed by atoms with Crippen LogP contribution in [0.5, 0.6) is 5.75 Å². The zero-order chi connectivity index (χ0) is 19.4. The lowest BCUT2D eigenvalue weighted by molar-refractivity contribution is -0.130. The predicted molar refractivity (Wildman–Crippen MR) is 106 cm³/mol. The molecule has 2 aromatic carbocycles. The molecule has 0 aliphatic carbocycles. The highest BCUT2D eigenvalue weighted by atomic mass is 35.5. The molecule has 0 radical (unpaired) electrons. The van der Waals surface area contributed by atoms with Crippen LogP contribution in [0.25, 0.3) is 0 Å². The van der Waals surface area contributed by atoms with Crippen LogP contribution in [-0.2, 0) is 18.4 Å². The molecular weight excluding hydrogens is 362 g/mol. The second-order valence-corrected chi connectivity index (χ2v) is 7.08. The van der Waals surface area contributed by atoms with E-state index in [-0.39, 0.29) is 24.0 Å². The van der Waals surface area contributed by atoms with Crippen LogP contribution in [0.15, 0.2) is 60.9 Å². The van der Waals surface area contributed by atoms with E-state index in [4.69, 9.17) is 11.6 Å². The van der Waals surface area contributed by atoms with Crippen molar-refractivity contribution in [2.45, 2.75) is 18.9 Å². The van der Waals surface area contributed by atoms with Gasteiger partial charge >= 0.3 is 0 Å². The molecule has 3 aromatic rings. The summed E-state index contributed by atoms with van der Waals surface area (Å²) < 4.78 is 1.71. The fourth-order valence-electron chi connectivity index (χ4n) is 3.16. The standard InChI is InChI=1S/C21H22ClN3O2/c1-24(13-15-12-23-25(2)14-15)21(27)11-19(16-6-5-7-17(22)10-16)18-8-3-4-9-20(18)26/h3-10,12,14,19,26H,11,13H2,1-2H3. The van der Waals surface area contributed by atoms with Gasteiger partial charge in [0, 0.05) is 55.3 Å². The first-order chi connectivity index (χ1) is 12.9. The van der Waals surface area contributed by atoms with E-state index < -0.39 is 0 Å². The molecule has 0 saturated heterocycles. The van der Waals surface area contributed by atoms with Crippen molar-refractivity contribution < 1.29 is 9.90 Å². The van der Waals surface area contributed by atoms with Gasteiger partial charge < -0.3 is 10.0 Å². The Morgan fingerprint density at radius 2 is 2.04 bits per heavy atom. The van der Waals surface area contributed by atoms with Gasteiger partial charge in [-0.1, -0.05) is 41.9 Å². The number of aromatic hydroxyl groups is 1. The lowest BCUT2D eigenvalue weighted by Crippen LogP contribution is -2.27. The number of aryl methyl sites for hydroxylation is 1. The van der Waals surface area contributed by atoms with Gasteiger partial charge in [-0.3, -0.25) is 9.48 Å². The molecule has 0 aliphatic rings. The van der Waals surface area contributed by atoms with Gasteiger partial charge in [-0.15, -0.1) is 0 Å². The minimum atomic E-state index is -0.284. The summed E-state index contributed by atoms with van der Waals surface area (Å²) >= 11 is 6.16. The second kappa shape index (κ2) is 8.27. The molecule has 1 amide bonds. The highest BCUT2D eigenvalue weighted by Crippen LogP contribution is 2.35. The molecule has 27 heavy (non-hydrogen) atoms. The monoisotopic (exact) mass is 383 g/mol. The number of aromatic nitrogens is 2. The van der Waals surface area contributed by atoms with Crippen molar-refractivity contribution in [1.29, 1.82) is 0 Å². The molecule has 1 unspecified atom stereocenters. The van der Waals surface area contributed by atoms with E-state index in [1.807, 2.05) is 43.6 Å². The summed E-state index contributed by atoms with van der Waals surface area (Å²) in [4.78, 5) is 14.6. The van der Waals surface area contributed by atoms with E-state index in [2.05, 4.69) is 5.10 Å². The smallest absolute Gasteiger partial charge is 0.223 e. The number of nitrogens with zero attached hydrogens (tertiary/aromatic N) is 3. The fourth-order valence-corrected chi connectivity index (χ4v) is 3.36. The summed E-state index contributed by atoms with van der Waals surface area (Å²) in [5.74, 6) is -0.133. The van der Waals surface area contributed by atoms with Crippen LogP contribution in [0.3, 0.4) is 0 Å². The molecule has 1 atom stereocenters. The van der Waals surface area contributed by atoms with Crippen LogP contribution in [0, 0.1) is 0 Å². The molecule has 1 N–H and O–H groups in total. The summed E-state index contributed by atoms with van der Waals surface area (Å²) in [5.41, 5.74) is 2.57. The molecule has 1 heterocycles. The third kappa shape index (κ3) is 4.68. The Bertz CT molecular complexity index is 938. The predicted octanol–water partition coefficient (Wildman–Crippen LogP) is 3.96. The number of para-hydroxylation sites is 1. The summed E-state index contributed by atoms with van der Waals surface area (Å²) in [6.07, 6.45) is 3.87. The normalized spacial score (nSPS) is 12.0. The summed E-state index contributed by atoms with van der Waals surface area (Å²) in [7, 11) is 3.62. The number of phenolic OH excluding ortho intramolecular Hbond substituents is 1. The summed E-state index contributed by atoms with van der Waals surface area (Å²) in [5, 5.41) is 15.1. The third-order valence-electron chi connectivity index (χ3n) is 4.55. The van der Waals surface area contributed by atoms with Gasteiger partial charge in [0.05, 0.1) is 6.20 Å². The second-order valence-electron chi connectivity index (χ2n) is 6.64. The SMILES string of the molecule is CN(Cc1cnn(C)c1)C(=O)CC(c1cccc(Cl)c1)c1ccccc1O. The molecule has 0 bridgehead atoms. The molecule has 0 saturated carbocycles. The van der Waals surface area contributed by atoms with Crippen LogP contribution < -0.4 is 0 Å². The van der Waals surface area contributed by atoms with Crippen molar-refractivity contribution in [1.82, 2.24) is 14.7 Å². The first-order valence-corrected chi connectivity index (χ1v) is 9.06. The van der Waals surface area contributed by atoms with Crippen LogP contribution in [0.4, 0.5) is 0 Å². The number of phenols is 1. The molecule has 5 nitrogen and oxygen atoms in total. The largest absolute Gasteiger partial charge is 0.508 e. The van der Waals surface area contributed by atoms with Crippen molar-refractivity contribution in [2.24, 2.45) is 7.05 Å². The van der Waals surface area contributed by atoms with Crippen LogP contribution in [-0.4, -0.2) is 32.7 Å². The average Bonchev–Trinajstić information content (AvgIpc) is 3.05. The lowest BCUT2D eigenvalue weighted by Gasteiger charge is -2.23. The van der Waals surface area contributed by atoms with E-state index >= 15 is 0 Å². The van der Waals surface area contributed by atoms with E-state index in [9.17, 15) is 9.90 Å². The third-order valence-corrected chi connectivity index (χ3v) is 4.78. The van der Waals surface area contributed by atoms with Crippen molar-refractivity contribution >= 4 is 17.5 Å². The van der Waals surface area contributed by atoms with Gasteiger partial charge in [0.1, 0.15) is 5.75 Å². The van der Waals surface area contributed by atoms with Crippen molar-refractivity contribution in [3.63, 3.8) is 0 Å². The zero-order valence-electron chi connectivity index (χ0n) is 15.3. The minimum Gasteiger partial charge on any atom is -0.508 e. The van der Waals surface area contributed by atoms with Crippen molar-refractivity contribution in [3.8, 4) is 5.75 Å². The number of amides is 1. The summed E-state index contributed by atoms with van der Waals surface area (Å²) in [6.45, 7) is 0.482. The number of hydrogen-bond donors (Lipinski definition) is 1. The Morgan fingerprint density at radius 1 is 1.26 bits per heavy atom. The van der Waals surface area contributed by atoms with E-state index in [1.165, 1.54) is 0 Å². The topological polar surface area (TPSA) is 58.4 Å². The number of carbonyl (C=O) groups is 1. The minimum absolute atomic E-state index is 0.0212. The van der Waals surface area contributed by atoms with Crippen LogP contribution >= 0.6 is 11.6 Å². The Kier molecular flexibility index (Phi) is 5.81. The zero-order valence-corrected chi connectivity index (χ0v) is 16.1. The summed E-state index contributed by atoms with van der Waals surface area (Å²) in [6, 6.07) is 14.5. The van der Waals surface area contributed by atoms with Gasteiger partial charge in [0.25, 0.3) is 0 Å². The lowest BCUT2D eigenvalue weighted by atomic mass is 9.87. The number of carbonyl (C=O) groups excluding carboxylic acids is 1. The number of halogens is 1. The molecule has 3 rings (SSSR count). The highest BCUT2D eigenvalue weighted by molar-refractivity contribution is 6.30. The molecule has 0 aliphatic heterocycles. The Morgan fingerprint density at radius 3 is 2.70 bits per heavy atom. The Balaban J connectivity index is 1.85. The van der Waals surface area contributed by atoms with E-state index in [0.717, 1.165) is 11.1 Å². The van der Waals surface area contributed by atoms with Gasteiger partial charge in [-0.2, -0.15) is 5.10 Å². The quantitative estimate of drug-likeness (QED) is 0.700. The maximum Gasteiger partial charge on any atom is 0.223 e. The first-order valence-electron chi connectivity index (χ1n) is 8.69. The number of hydrogen-bond acceptors (Lipinski definition) is 3. The van der Waals surface area contributed by atoms with E-state index in [0.29, 0.717) is 17.1 Å². The Labute approximate surface area is 163 Å². The van der Waals surface area contributed by atoms with Gasteiger partial charge in [-0.25, -0.2) is 0 Å².